The Morgan fingerprint density at radius 2 is 2.28 bits per heavy atom. The van der Waals surface area contributed by atoms with Crippen LogP contribution in [0.3, 0.4) is 0 Å². The van der Waals surface area contributed by atoms with Crippen LogP contribution in [0, 0.1) is 11.6 Å². The van der Waals surface area contributed by atoms with Crippen molar-refractivity contribution in [1.29, 1.82) is 0 Å². The smallest absolute Gasteiger partial charge is 0.238 e. The first-order chi connectivity index (χ1) is 8.54. The average Bonchev–Trinajstić information content (AvgIpc) is 2.68. The van der Waals surface area contributed by atoms with E-state index in [1.54, 1.807) is 4.90 Å². The highest BCUT2D eigenvalue weighted by Crippen LogP contribution is 2.15. The van der Waals surface area contributed by atoms with E-state index in [-0.39, 0.29) is 18.1 Å². The third-order valence-corrected chi connectivity index (χ3v) is 2.82. The molecule has 98 valence electrons. The number of halogens is 2. The summed E-state index contributed by atoms with van der Waals surface area (Å²) in [6.07, 6.45) is 0.235. The van der Waals surface area contributed by atoms with Crippen LogP contribution < -0.4 is 5.32 Å². The van der Waals surface area contributed by atoms with E-state index in [0.717, 1.165) is 12.1 Å². The molecular weight excluding hydrogens is 242 g/mol. The minimum atomic E-state index is -0.801. The summed E-state index contributed by atoms with van der Waals surface area (Å²) >= 11 is 0. The first kappa shape index (κ1) is 12.9. The molecule has 1 atom stereocenters. The minimum absolute atomic E-state index is 0.0406. The Morgan fingerprint density at radius 3 is 2.89 bits per heavy atom. The summed E-state index contributed by atoms with van der Waals surface area (Å²) in [4.78, 5) is 13.4. The average molecular weight is 256 g/mol. The molecule has 0 bridgehead atoms. The van der Waals surface area contributed by atoms with Crippen molar-refractivity contribution in [1.82, 2.24) is 4.90 Å². The van der Waals surface area contributed by atoms with Crippen LogP contribution in [-0.4, -0.2) is 41.7 Å². The molecule has 6 heteroatoms. The SMILES string of the molecule is O=C(CN1CCC(O)C1)Nc1ccc(F)cc1F. The van der Waals surface area contributed by atoms with Gasteiger partial charge in [-0.05, 0) is 18.6 Å². The van der Waals surface area contributed by atoms with E-state index in [1.165, 1.54) is 6.07 Å². The minimum Gasteiger partial charge on any atom is -0.392 e. The Balaban J connectivity index is 1.91. The number of benzene rings is 1. The number of aliphatic hydroxyl groups is 1. The van der Waals surface area contributed by atoms with Gasteiger partial charge in [-0.1, -0.05) is 0 Å². The fourth-order valence-electron chi connectivity index (χ4n) is 1.94. The van der Waals surface area contributed by atoms with E-state index in [9.17, 15) is 18.7 Å². The standard InChI is InChI=1S/C12H14F2N2O2/c13-8-1-2-11(10(14)5-8)15-12(18)7-16-4-3-9(17)6-16/h1-2,5,9,17H,3-4,6-7H2,(H,15,18). The molecule has 1 unspecified atom stereocenters. The molecule has 1 aromatic carbocycles. The highest BCUT2D eigenvalue weighted by Gasteiger charge is 2.22. The number of nitrogens with zero attached hydrogens (tertiary/aromatic N) is 1. The molecule has 0 aliphatic carbocycles. The van der Waals surface area contributed by atoms with E-state index in [2.05, 4.69) is 5.32 Å². The van der Waals surface area contributed by atoms with Crippen LogP contribution in [0.2, 0.25) is 0 Å². The number of aliphatic hydroxyl groups excluding tert-OH is 1. The maximum Gasteiger partial charge on any atom is 0.238 e. The fraction of sp³-hybridized carbons (Fsp3) is 0.417. The molecule has 1 aromatic rings. The van der Waals surface area contributed by atoms with E-state index >= 15 is 0 Å². The molecule has 1 heterocycles. The Labute approximate surface area is 103 Å². The van der Waals surface area contributed by atoms with Crippen LogP contribution in [0.15, 0.2) is 18.2 Å². The van der Waals surface area contributed by atoms with Gasteiger partial charge < -0.3 is 10.4 Å². The Hall–Kier alpha value is -1.53. The molecule has 0 aromatic heterocycles. The fourth-order valence-corrected chi connectivity index (χ4v) is 1.94. The van der Waals surface area contributed by atoms with Gasteiger partial charge in [0.25, 0.3) is 0 Å². The Kier molecular flexibility index (Phi) is 3.88. The number of likely N-dealkylation sites (tertiary alicyclic amines) is 1. The monoisotopic (exact) mass is 256 g/mol. The number of hydrogen-bond donors (Lipinski definition) is 2. The van der Waals surface area contributed by atoms with Crippen LogP contribution in [0.5, 0.6) is 0 Å². The van der Waals surface area contributed by atoms with Crippen LogP contribution >= 0.6 is 0 Å². The third kappa shape index (κ3) is 3.24. The maximum absolute atomic E-state index is 13.3. The number of rotatable bonds is 3. The number of amides is 1. The van der Waals surface area contributed by atoms with E-state index < -0.39 is 17.7 Å². The highest BCUT2D eigenvalue weighted by atomic mass is 19.1. The second-order valence-electron chi connectivity index (χ2n) is 4.35. The quantitative estimate of drug-likeness (QED) is 0.847. The molecule has 0 saturated carbocycles. The Bertz CT molecular complexity index is 454. The lowest BCUT2D eigenvalue weighted by atomic mass is 10.3. The molecule has 2 rings (SSSR count). The van der Waals surface area contributed by atoms with Crippen molar-refractivity contribution < 1.29 is 18.7 Å². The molecule has 1 aliphatic rings. The van der Waals surface area contributed by atoms with Gasteiger partial charge in [-0.15, -0.1) is 0 Å². The molecule has 0 spiro atoms. The number of carbonyl (C=O) groups is 1. The van der Waals surface area contributed by atoms with Gasteiger partial charge in [0.2, 0.25) is 5.91 Å². The van der Waals surface area contributed by atoms with Crippen molar-refractivity contribution >= 4 is 11.6 Å². The largest absolute Gasteiger partial charge is 0.392 e. The second-order valence-corrected chi connectivity index (χ2v) is 4.35. The molecule has 1 saturated heterocycles. The summed E-state index contributed by atoms with van der Waals surface area (Å²) in [7, 11) is 0. The molecule has 1 fully saturated rings. The van der Waals surface area contributed by atoms with Crippen molar-refractivity contribution in [2.24, 2.45) is 0 Å². The van der Waals surface area contributed by atoms with Crippen LogP contribution in [0.25, 0.3) is 0 Å². The molecule has 18 heavy (non-hydrogen) atoms. The molecular formula is C12H14F2N2O2. The summed E-state index contributed by atoms with van der Waals surface area (Å²) in [6, 6.07) is 2.98. The van der Waals surface area contributed by atoms with E-state index in [0.29, 0.717) is 19.5 Å². The number of β-amino-alcohol motifs (C(OH)–C–C–N with tert-alkyl or cyclic N) is 1. The maximum atomic E-state index is 13.3. The van der Waals surface area contributed by atoms with Gasteiger partial charge in [0.05, 0.1) is 18.3 Å². The lowest BCUT2D eigenvalue weighted by molar-refractivity contribution is -0.117. The van der Waals surface area contributed by atoms with Gasteiger partial charge in [-0.3, -0.25) is 9.69 Å². The lowest BCUT2D eigenvalue weighted by Gasteiger charge is -2.14. The van der Waals surface area contributed by atoms with Gasteiger partial charge in [0.15, 0.2) is 0 Å². The molecule has 1 aliphatic heterocycles. The van der Waals surface area contributed by atoms with Gasteiger partial charge >= 0.3 is 0 Å². The zero-order chi connectivity index (χ0) is 13.1. The van der Waals surface area contributed by atoms with Gasteiger partial charge in [-0.25, -0.2) is 8.78 Å². The van der Waals surface area contributed by atoms with Crippen molar-refractivity contribution in [2.75, 3.05) is 25.0 Å². The van der Waals surface area contributed by atoms with Gasteiger partial charge in [-0.2, -0.15) is 0 Å². The summed E-state index contributed by atoms with van der Waals surface area (Å²) in [5.41, 5.74) is -0.0406. The van der Waals surface area contributed by atoms with Gasteiger partial charge in [0.1, 0.15) is 11.6 Å². The summed E-state index contributed by atoms with van der Waals surface area (Å²) in [5, 5.41) is 11.7. The first-order valence-electron chi connectivity index (χ1n) is 5.70. The van der Waals surface area contributed by atoms with Gasteiger partial charge in [0, 0.05) is 19.2 Å². The van der Waals surface area contributed by atoms with E-state index in [1.807, 2.05) is 0 Å². The Morgan fingerprint density at radius 1 is 1.50 bits per heavy atom. The normalized spacial score (nSPS) is 20.1. The summed E-state index contributed by atoms with van der Waals surface area (Å²) in [5.74, 6) is -1.87. The third-order valence-electron chi connectivity index (χ3n) is 2.82. The predicted molar refractivity (Wildman–Crippen MR) is 62.1 cm³/mol. The summed E-state index contributed by atoms with van der Waals surface area (Å²) in [6.45, 7) is 1.17. The zero-order valence-corrected chi connectivity index (χ0v) is 9.70. The molecule has 0 radical (unpaired) electrons. The number of nitrogens with one attached hydrogen (secondary N) is 1. The lowest BCUT2D eigenvalue weighted by Crippen LogP contribution is -2.32. The number of carbonyl (C=O) groups excluding carboxylic acids is 1. The van der Waals surface area contributed by atoms with Crippen LogP contribution in [0.1, 0.15) is 6.42 Å². The summed E-state index contributed by atoms with van der Waals surface area (Å²) < 4.78 is 25.9. The number of anilines is 1. The van der Waals surface area contributed by atoms with Crippen molar-refractivity contribution in [3.8, 4) is 0 Å². The second kappa shape index (κ2) is 5.41. The molecule has 4 nitrogen and oxygen atoms in total. The zero-order valence-electron chi connectivity index (χ0n) is 9.70. The first-order valence-corrected chi connectivity index (χ1v) is 5.70. The van der Waals surface area contributed by atoms with Crippen molar-refractivity contribution in [3.63, 3.8) is 0 Å². The van der Waals surface area contributed by atoms with E-state index in [4.69, 9.17) is 0 Å². The number of hydrogen-bond acceptors (Lipinski definition) is 3. The highest BCUT2D eigenvalue weighted by molar-refractivity contribution is 5.92. The van der Waals surface area contributed by atoms with Crippen molar-refractivity contribution in [3.05, 3.63) is 29.8 Å². The van der Waals surface area contributed by atoms with Crippen LogP contribution in [0.4, 0.5) is 14.5 Å². The van der Waals surface area contributed by atoms with Crippen LogP contribution in [-0.2, 0) is 4.79 Å². The van der Waals surface area contributed by atoms with Crippen molar-refractivity contribution in [2.45, 2.75) is 12.5 Å². The topological polar surface area (TPSA) is 52.6 Å². The molecule has 1 amide bonds. The molecule has 2 N–H and O–H groups in total. The predicted octanol–water partition coefficient (Wildman–Crippen LogP) is 0.970.